The Morgan fingerprint density at radius 2 is 1.77 bits per heavy atom. The third kappa shape index (κ3) is 2.80. The molecule has 1 saturated heterocycles. The highest BCUT2D eigenvalue weighted by molar-refractivity contribution is 7.99. The summed E-state index contributed by atoms with van der Waals surface area (Å²) >= 11 is 8.15. The molecule has 0 spiro atoms. The maximum absolute atomic E-state index is 6.25. The summed E-state index contributed by atoms with van der Waals surface area (Å²) in [5, 5.41) is 0.850. The lowest BCUT2D eigenvalue weighted by Gasteiger charge is -2.35. The first-order valence-corrected chi connectivity index (χ1v) is 9.30. The van der Waals surface area contributed by atoms with Crippen LogP contribution in [0.15, 0.2) is 52.3 Å². The van der Waals surface area contributed by atoms with Crippen molar-refractivity contribution in [1.82, 2.24) is 4.90 Å². The lowest BCUT2D eigenvalue weighted by molar-refractivity contribution is 0.160. The number of rotatable bonds is 1. The van der Waals surface area contributed by atoms with Gasteiger partial charge < -0.3 is 0 Å². The molecule has 0 saturated carbocycles. The first-order chi connectivity index (χ1) is 10.8. The fourth-order valence-electron chi connectivity index (χ4n) is 3.65. The summed E-state index contributed by atoms with van der Waals surface area (Å²) in [4.78, 5) is 5.44. The molecule has 1 nitrogen and oxygen atoms in total. The maximum atomic E-state index is 6.25. The first-order valence-electron chi connectivity index (χ1n) is 8.10. The van der Waals surface area contributed by atoms with Crippen molar-refractivity contribution in [3.8, 4) is 0 Å². The summed E-state index contributed by atoms with van der Waals surface area (Å²) in [6, 6.07) is 15.8. The molecule has 3 heteroatoms. The zero-order chi connectivity index (χ0) is 14.9. The summed E-state index contributed by atoms with van der Waals surface area (Å²) in [5.74, 6) is 0. The fraction of sp³-hybridized carbons (Fsp3) is 0.368. The largest absolute Gasteiger partial charge is 0.296 e. The zero-order valence-corrected chi connectivity index (χ0v) is 14.2. The monoisotopic (exact) mass is 329 g/mol. The van der Waals surface area contributed by atoms with Crippen molar-refractivity contribution in [2.75, 3.05) is 13.1 Å². The van der Waals surface area contributed by atoms with E-state index in [-0.39, 0.29) is 0 Å². The van der Waals surface area contributed by atoms with Gasteiger partial charge in [-0.25, -0.2) is 0 Å². The molecule has 2 heterocycles. The number of fused-ring (bicyclic) bond motifs is 2. The number of piperidine rings is 1. The van der Waals surface area contributed by atoms with E-state index in [1.165, 1.54) is 53.3 Å². The molecule has 2 aromatic rings. The van der Waals surface area contributed by atoms with Crippen LogP contribution in [0.4, 0.5) is 0 Å². The van der Waals surface area contributed by atoms with Gasteiger partial charge in [-0.15, -0.1) is 0 Å². The van der Waals surface area contributed by atoms with E-state index in [9.17, 15) is 0 Å². The van der Waals surface area contributed by atoms with E-state index in [2.05, 4.69) is 41.3 Å². The van der Waals surface area contributed by atoms with Gasteiger partial charge in [-0.3, -0.25) is 4.90 Å². The maximum Gasteiger partial charge on any atom is 0.0409 e. The van der Waals surface area contributed by atoms with Gasteiger partial charge in [0.05, 0.1) is 0 Å². The highest BCUT2D eigenvalue weighted by atomic mass is 35.5. The van der Waals surface area contributed by atoms with Crippen molar-refractivity contribution in [2.24, 2.45) is 0 Å². The van der Waals surface area contributed by atoms with E-state index < -0.39 is 0 Å². The van der Waals surface area contributed by atoms with Crippen LogP contribution in [0.2, 0.25) is 5.02 Å². The van der Waals surface area contributed by atoms with Gasteiger partial charge >= 0.3 is 0 Å². The van der Waals surface area contributed by atoms with Crippen LogP contribution in [-0.2, 0) is 6.42 Å². The van der Waals surface area contributed by atoms with Crippen molar-refractivity contribution in [2.45, 2.75) is 41.5 Å². The Labute approximate surface area is 141 Å². The lowest BCUT2D eigenvalue weighted by Crippen LogP contribution is -2.34. The number of hydrogen-bond donors (Lipinski definition) is 0. The third-order valence-corrected chi connectivity index (χ3v) is 6.21. The topological polar surface area (TPSA) is 3.24 Å². The molecular formula is C19H20ClNS. The summed E-state index contributed by atoms with van der Waals surface area (Å²) in [6.07, 6.45) is 5.10. The Morgan fingerprint density at radius 1 is 0.955 bits per heavy atom. The van der Waals surface area contributed by atoms with Crippen molar-refractivity contribution < 1.29 is 0 Å². The molecule has 0 aliphatic carbocycles. The average Bonchev–Trinajstić information content (AvgIpc) is 2.72. The molecule has 0 aromatic heterocycles. The highest BCUT2D eigenvalue weighted by Crippen LogP contribution is 2.43. The highest BCUT2D eigenvalue weighted by Gasteiger charge is 2.28. The van der Waals surface area contributed by atoms with E-state index in [0.29, 0.717) is 6.04 Å². The van der Waals surface area contributed by atoms with Gasteiger partial charge in [-0.2, -0.15) is 0 Å². The minimum atomic E-state index is 0.490. The molecule has 22 heavy (non-hydrogen) atoms. The minimum absolute atomic E-state index is 0.490. The summed E-state index contributed by atoms with van der Waals surface area (Å²) in [5.41, 5.74) is 2.88. The second kappa shape index (κ2) is 6.27. The Hall–Kier alpha value is -0.960. The molecule has 0 radical (unpaired) electrons. The van der Waals surface area contributed by atoms with Gasteiger partial charge in [-0.1, -0.05) is 48.0 Å². The van der Waals surface area contributed by atoms with Crippen LogP contribution in [-0.4, -0.2) is 18.0 Å². The lowest BCUT2D eigenvalue weighted by atomic mass is 9.95. The Bertz CT molecular complexity index is 679. The Balaban J connectivity index is 1.78. The smallest absolute Gasteiger partial charge is 0.0409 e. The van der Waals surface area contributed by atoms with Crippen molar-refractivity contribution >= 4 is 23.4 Å². The summed E-state index contributed by atoms with van der Waals surface area (Å²) in [7, 11) is 0. The molecule has 2 aromatic carbocycles. The van der Waals surface area contributed by atoms with Crippen molar-refractivity contribution in [1.29, 1.82) is 0 Å². The van der Waals surface area contributed by atoms with E-state index >= 15 is 0 Å². The molecule has 0 N–H and O–H groups in total. The summed E-state index contributed by atoms with van der Waals surface area (Å²) < 4.78 is 0. The third-order valence-electron chi connectivity index (χ3n) is 4.77. The minimum Gasteiger partial charge on any atom is -0.296 e. The van der Waals surface area contributed by atoms with Crippen LogP contribution < -0.4 is 0 Å². The predicted molar refractivity (Wildman–Crippen MR) is 93.9 cm³/mol. The number of nitrogens with zero attached hydrogens (tertiary/aromatic N) is 1. The molecule has 114 valence electrons. The van der Waals surface area contributed by atoms with Gasteiger partial charge in [0.25, 0.3) is 0 Å². The molecule has 2 aliphatic rings. The van der Waals surface area contributed by atoms with E-state index in [1.807, 2.05) is 17.8 Å². The van der Waals surface area contributed by atoms with Crippen molar-refractivity contribution in [3.05, 3.63) is 58.6 Å². The normalized spacial score (nSPS) is 21.8. The quantitative estimate of drug-likeness (QED) is 0.672. The van der Waals surface area contributed by atoms with Gasteiger partial charge in [0.2, 0.25) is 0 Å². The summed E-state index contributed by atoms with van der Waals surface area (Å²) in [6.45, 7) is 2.44. The molecule has 0 unspecified atom stereocenters. The van der Waals surface area contributed by atoms with Crippen LogP contribution in [0, 0.1) is 0 Å². The molecule has 0 bridgehead atoms. The van der Waals surface area contributed by atoms with Crippen LogP contribution in [0.3, 0.4) is 0 Å². The number of benzene rings is 2. The first kappa shape index (κ1) is 14.6. The molecule has 2 aliphatic heterocycles. The molecular weight excluding hydrogens is 310 g/mol. The van der Waals surface area contributed by atoms with Crippen LogP contribution in [0.25, 0.3) is 0 Å². The van der Waals surface area contributed by atoms with Crippen LogP contribution >= 0.6 is 23.4 Å². The fourth-order valence-corrected chi connectivity index (χ4v) is 4.96. The van der Waals surface area contributed by atoms with Gasteiger partial charge in [0.15, 0.2) is 0 Å². The second-order valence-electron chi connectivity index (χ2n) is 6.21. The van der Waals surface area contributed by atoms with Gasteiger partial charge in [0.1, 0.15) is 0 Å². The Kier molecular flexibility index (Phi) is 4.17. The molecule has 1 fully saturated rings. The van der Waals surface area contributed by atoms with Crippen molar-refractivity contribution in [3.63, 3.8) is 0 Å². The molecule has 0 amide bonds. The standard InChI is InChI=1S/C19H20ClNS/c20-15-8-9-18-14(12-15)13-17(21-10-4-1-5-11-21)16-6-2-3-7-19(16)22-18/h2-3,6-9,12,17H,1,4-5,10-11,13H2/t17-/m0/s1. The van der Waals surface area contributed by atoms with Crippen LogP contribution in [0.5, 0.6) is 0 Å². The van der Waals surface area contributed by atoms with Gasteiger partial charge in [0, 0.05) is 20.9 Å². The predicted octanol–water partition coefficient (Wildman–Crippen LogP) is 5.57. The molecule has 4 rings (SSSR count). The second-order valence-corrected chi connectivity index (χ2v) is 7.73. The van der Waals surface area contributed by atoms with Crippen LogP contribution in [0.1, 0.15) is 36.4 Å². The number of likely N-dealkylation sites (tertiary alicyclic amines) is 1. The number of hydrogen-bond acceptors (Lipinski definition) is 2. The van der Waals surface area contributed by atoms with E-state index in [4.69, 9.17) is 11.6 Å². The SMILES string of the molecule is Clc1ccc2c(c1)C[C@H](N1CCCCC1)c1ccccc1S2. The zero-order valence-electron chi connectivity index (χ0n) is 12.6. The number of halogens is 1. The average molecular weight is 330 g/mol. The van der Waals surface area contributed by atoms with Gasteiger partial charge in [-0.05, 0) is 67.7 Å². The molecule has 1 atom stereocenters. The van der Waals surface area contributed by atoms with E-state index in [0.717, 1.165) is 11.4 Å². The Morgan fingerprint density at radius 3 is 2.64 bits per heavy atom. The van der Waals surface area contributed by atoms with E-state index in [1.54, 1.807) is 0 Å².